The summed E-state index contributed by atoms with van der Waals surface area (Å²) in [6.07, 6.45) is 8.67. The molecule has 0 fully saturated rings. The molecule has 0 nitrogen and oxygen atoms in total. The molecule has 0 heterocycles. The van der Waals surface area contributed by atoms with Crippen molar-refractivity contribution >= 4 is 25.8 Å². The van der Waals surface area contributed by atoms with Crippen molar-refractivity contribution in [3.8, 4) is 0 Å². The first kappa shape index (κ1) is 20.1. The topological polar surface area (TPSA) is 0 Å². The Morgan fingerprint density at radius 1 is 0.769 bits per heavy atom. The standard InChI is InChI=1S/C19H16FP.BF4/c20-15-16-9-7-8-14-19(16)21(17-10-3-1-4-11-17)18-12-5-2-6-13-18;2-1(3,4)5/h1-15,19H;/q;-1/p+1. The second-order valence-electron chi connectivity index (χ2n) is 5.47. The van der Waals surface area contributed by atoms with Crippen LogP contribution in [-0.4, -0.2) is 12.9 Å². The van der Waals surface area contributed by atoms with Crippen LogP contribution >= 0.6 is 7.92 Å². The van der Waals surface area contributed by atoms with Crippen molar-refractivity contribution in [3.05, 3.63) is 96.9 Å². The minimum atomic E-state index is -6.00. The van der Waals surface area contributed by atoms with Crippen LogP contribution in [0.2, 0.25) is 0 Å². The van der Waals surface area contributed by atoms with E-state index in [1.807, 2.05) is 30.4 Å². The van der Waals surface area contributed by atoms with Gasteiger partial charge >= 0.3 is 7.25 Å². The molecule has 0 aliphatic heterocycles. The van der Waals surface area contributed by atoms with Gasteiger partial charge in [-0.05, 0) is 30.3 Å². The van der Waals surface area contributed by atoms with Crippen molar-refractivity contribution in [2.45, 2.75) is 5.66 Å². The van der Waals surface area contributed by atoms with Gasteiger partial charge in [0, 0.05) is 5.57 Å². The smallest absolute Gasteiger partial charge is 0.418 e. The molecule has 0 bridgehead atoms. The van der Waals surface area contributed by atoms with Gasteiger partial charge in [0.1, 0.15) is 5.66 Å². The van der Waals surface area contributed by atoms with E-state index in [0.717, 1.165) is 11.9 Å². The maximum atomic E-state index is 13.3. The minimum Gasteiger partial charge on any atom is -0.418 e. The van der Waals surface area contributed by atoms with Crippen LogP contribution in [0.3, 0.4) is 0 Å². The third-order valence-electron chi connectivity index (χ3n) is 3.67. The van der Waals surface area contributed by atoms with Gasteiger partial charge in [0.15, 0.2) is 0 Å². The van der Waals surface area contributed by atoms with E-state index in [4.69, 9.17) is 0 Å². The van der Waals surface area contributed by atoms with E-state index in [2.05, 4.69) is 54.6 Å². The normalized spacial score (nSPS) is 17.9. The summed E-state index contributed by atoms with van der Waals surface area (Å²) < 4.78 is 52.3. The fourth-order valence-electron chi connectivity index (χ4n) is 2.69. The first-order valence-electron chi connectivity index (χ1n) is 7.90. The van der Waals surface area contributed by atoms with Crippen LogP contribution in [0, 0.1) is 0 Å². The van der Waals surface area contributed by atoms with E-state index in [0.29, 0.717) is 0 Å². The molecule has 26 heavy (non-hydrogen) atoms. The fourth-order valence-corrected chi connectivity index (χ4v) is 5.64. The second kappa shape index (κ2) is 9.49. The number of benzene rings is 2. The lowest BCUT2D eigenvalue weighted by Gasteiger charge is -2.20. The molecule has 136 valence electrons. The highest BCUT2D eigenvalue weighted by atomic mass is 31.1. The molecule has 1 aliphatic carbocycles. The molecule has 0 spiro atoms. The van der Waals surface area contributed by atoms with E-state index < -0.39 is 15.2 Å². The summed E-state index contributed by atoms with van der Waals surface area (Å²) in [4.78, 5) is 0. The minimum absolute atomic E-state index is 0.120. The summed E-state index contributed by atoms with van der Waals surface area (Å²) >= 11 is 0. The fraction of sp³-hybridized carbons (Fsp3) is 0.0526. The van der Waals surface area contributed by atoms with E-state index >= 15 is 0 Å². The number of allylic oxidation sites excluding steroid dienone is 5. The maximum absolute atomic E-state index is 13.3. The highest BCUT2D eigenvalue weighted by Crippen LogP contribution is 2.45. The molecular weight excluding hydrogens is 365 g/mol. The molecule has 1 unspecified atom stereocenters. The van der Waals surface area contributed by atoms with E-state index in [1.165, 1.54) is 10.6 Å². The maximum Gasteiger partial charge on any atom is 0.673 e. The Morgan fingerprint density at radius 3 is 1.65 bits per heavy atom. The number of hydrogen-bond acceptors (Lipinski definition) is 0. The Hall–Kier alpha value is -2.20. The third kappa shape index (κ3) is 6.27. The summed E-state index contributed by atoms with van der Waals surface area (Å²) in [6.45, 7) is 0. The predicted octanol–water partition coefficient (Wildman–Crippen LogP) is 5.50. The van der Waals surface area contributed by atoms with Crippen LogP contribution in [0.5, 0.6) is 0 Å². The molecule has 2 aromatic rings. The van der Waals surface area contributed by atoms with Crippen LogP contribution in [0.1, 0.15) is 0 Å². The molecule has 0 saturated carbocycles. The van der Waals surface area contributed by atoms with Crippen LogP contribution < -0.4 is 10.6 Å². The molecule has 0 N–H and O–H groups in total. The summed E-state index contributed by atoms with van der Waals surface area (Å²) in [7, 11) is -7.11. The molecule has 3 rings (SSSR count). The summed E-state index contributed by atoms with van der Waals surface area (Å²) in [6, 6.07) is 20.9. The molecule has 0 aromatic heterocycles. The SMILES string of the molecule is FC=C1C=CC=CC1[PH+](c1ccccc1)c1ccccc1.F[B-](F)(F)F. The van der Waals surface area contributed by atoms with Gasteiger partial charge in [-0.3, -0.25) is 0 Å². The first-order valence-corrected chi connectivity index (χ1v) is 9.48. The Kier molecular flexibility index (Phi) is 7.34. The van der Waals surface area contributed by atoms with Crippen LogP contribution in [0.25, 0.3) is 0 Å². The van der Waals surface area contributed by atoms with Gasteiger partial charge in [0.05, 0.1) is 24.9 Å². The molecule has 0 amide bonds. The zero-order valence-electron chi connectivity index (χ0n) is 13.7. The number of rotatable bonds is 3. The zero-order chi connectivity index (χ0) is 19.0. The average Bonchev–Trinajstić information content (AvgIpc) is 2.63. The van der Waals surface area contributed by atoms with Gasteiger partial charge in [0.2, 0.25) is 0 Å². The van der Waals surface area contributed by atoms with E-state index in [1.54, 1.807) is 0 Å². The molecule has 0 radical (unpaired) electrons. The molecule has 1 aliphatic rings. The monoisotopic (exact) mass is 382 g/mol. The van der Waals surface area contributed by atoms with Gasteiger partial charge in [-0.25, -0.2) is 4.39 Å². The predicted molar refractivity (Wildman–Crippen MR) is 102 cm³/mol. The second-order valence-corrected chi connectivity index (χ2v) is 8.08. The summed E-state index contributed by atoms with van der Waals surface area (Å²) in [5, 5.41) is 2.61. The van der Waals surface area contributed by atoms with Gasteiger partial charge in [-0.2, -0.15) is 0 Å². The van der Waals surface area contributed by atoms with Crippen molar-refractivity contribution in [1.82, 2.24) is 0 Å². The highest BCUT2D eigenvalue weighted by Gasteiger charge is 2.33. The molecule has 1 atom stereocenters. The first-order chi connectivity index (χ1) is 12.4. The lowest BCUT2D eigenvalue weighted by Crippen LogP contribution is -2.22. The van der Waals surface area contributed by atoms with Crippen molar-refractivity contribution in [2.75, 3.05) is 0 Å². The quantitative estimate of drug-likeness (QED) is 0.374. The lowest BCUT2D eigenvalue weighted by atomic mass is 10.1. The zero-order valence-corrected chi connectivity index (χ0v) is 14.7. The van der Waals surface area contributed by atoms with Crippen molar-refractivity contribution in [2.24, 2.45) is 0 Å². The van der Waals surface area contributed by atoms with Gasteiger partial charge in [-0.1, -0.05) is 54.6 Å². The molecule has 0 saturated heterocycles. The largest absolute Gasteiger partial charge is 0.673 e. The number of halogens is 5. The van der Waals surface area contributed by atoms with E-state index in [-0.39, 0.29) is 5.66 Å². The molecule has 7 heteroatoms. The van der Waals surface area contributed by atoms with Crippen molar-refractivity contribution in [1.29, 1.82) is 0 Å². The third-order valence-corrected chi connectivity index (χ3v) is 6.73. The van der Waals surface area contributed by atoms with Gasteiger partial charge < -0.3 is 17.3 Å². The highest BCUT2D eigenvalue weighted by molar-refractivity contribution is 7.74. The van der Waals surface area contributed by atoms with Gasteiger partial charge in [-0.15, -0.1) is 0 Å². The Labute approximate surface area is 150 Å². The van der Waals surface area contributed by atoms with Crippen molar-refractivity contribution in [3.63, 3.8) is 0 Å². The Balaban J connectivity index is 0.000000431. The van der Waals surface area contributed by atoms with Crippen molar-refractivity contribution < 1.29 is 21.7 Å². The summed E-state index contributed by atoms with van der Waals surface area (Å²) in [5.74, 6) is 0. The lowest BCUT2D eigenvalue weighted by molar-refractivity contribution is 0.368. The van der Waals surface area contributed by atoms with Crippen LogP contribution in [0.4, 0.5) is 21.7 Å². The summed E-state index contributed by atoms with van der Waals surface area (Å²) in [5.41, 5.74) is 0.883. The number of hydrogen-bond donors (Lipinski definition) is 0. The average molecular weight is 382 g/mol. The molecular formula is C19H17BF5P. The Bertz CT molecular complexity index is 724. The van der Waals surface area contributed by atoms with Crippen LogP contribution in [0.15, 0.2) is 96.9 Å². The molecule has 2 aromatic carbocycles. The van der Waals surface area contributed by atoms with E-state index in [9.17, 15) is 21.7 Å². The van der Waals surface area contributed by atoms with Crippen LogP contribution in [-0.2, 0) is 0 Å². The Morgan fingerprint density at radius 2 is 1.23 bits per heavy atom. The van der Waals surface area contributed by atoms with Gasteiger partial charge in [0.25, 0.3) is 0 Å².